The molecule has 1 aliphatic carbocycles. The maximum Gasteiger partial charge on any atom is 0.260 e. The van der Waals surface area contributed by atoms with Gasteiger partial charge in [-0.3, -0.25) is 0 Å². The Kier molecular flexibility index (Phi) is 1.49. The smallest absolute Gasteiger partial charge is 0.230 e. The lowest BCUT2D eigenvalue weighted by Crippen LogP contribution is -2.32. The topological polar surface area (TPSA) is 8.81 Å². The second kappa shape index (κ2) is 2.59. The van der Waals surface area contributed by atoms with E-state index in [4.69, 9.17) is 0 Å². The van der Waals surface area contributed by atoms with Crippen LogP contribution in [0.4, 0.5) is 0 Å². The Balaban J connectivity index is 2.38. The van der Waals surface area contributed by atoms with Gasteiger partial charge in [-0.1, -0.05) is 12.1 Å². The Labute approximate surface area is 83.8 Å². The molecule has 72 valence electrons. The third-order valence-corrected chi connectivity index (χ3v) is 3.23. The van der Waals surface area contributed by atoms with E-state index < -0.39 is 0 Å². The molecule has 2 aromatic rings. The summed E-state index contributed by atoms with van der Waals surface area (Å²) in [4.78, 5) is 0. The number of para-hydroxylation sites is 2. The zero-order valence-electron chi connectivity index (χ0n) is 8.70. The maximum atomic E-state index is 2.34. The van der Waals surface area contributed by atoms with E-state index >= 15 is 0 Å². The second-order valence-electron chi connectivity index (χ2n) is 4.24. The fourth-order valence-electron chi connectivity index (χ4n) is 2.39. The molecule has 0 aliphatic heterocycles. The van der Waals surface area contributed by atoms with E-state index in [2.05, 4.69) is 47.5 Å². The summed E-state index contributed by atoms with van der Waals surface area (Å²) >= 11 is 0. The van der Waals surface area contributed by atoms with E-state index in [1.807, 2.05) is 0 Å². The van der Waals surface area contributed by atoms with E-state index in [1.54, 1.807) is 0 Å². The molecule has 1 aromatic heterocycles. The van der Waals surface area contributed by atoms with Gasteiger partial charge >= 0.3 is 0 Å². The molecule has 2 nitrogen and oxygen atoms in total. The molecule has 14 heavy (non-hydrogen) atoms. The predicted octanol–water partition coefficient (Wildman–Crippen LogP) is 1.88. The van der Waals surface area contributed by atoms with Gasteiger partial charge in [0.25, 0.3) is 5.82 Å². The Bertz CT molecular complexity index is 453. The zero-order chi connectivity index (χ0) is 9.71. The van der Waals surface area contributed by atoms with Crippen molar-refractivity contribution >= 4 is 11.0 Å². The minimum absolute atomic E-state index is 0.803. The van der Waals surface area contributed by atoms with Crippen molar-refractivity contribution in [2.75, 3.05) is 0 Å². The van der Waals surface area contributed by atoms with Crippen LogP contribution < -0.4 is 4.57 Å². The van der Waals surface area contributed by atoms with Crippen LogP contribution in [-0.2, 0) is 14.1 Å². The van der Waals surface area contributed by atoms with Gasteiger partial charge in [0, 0.05) is 0 Å². The quantitative estimate of drug-likeness (QED) is 0.603. The standard InChI is InChI=1S/C12H15N2/c1-13-10-5-3-4-6-11(10)14(2)12(13)9-7-8-9/h3-6,9H,7-8H2,1-2H3/q+1. The summed E-state index contributed by atoms with van der Waals surface area (Å²) in [5.41, 5.74) is 2.69. The molecule has 0 atom stereocenters. The zero-order valence-corrected chi connectivity index (χ0v) is 8.70. The first-order valence-corrected chi connectivity index (χ1v) is 5.22. The van der Waals surface area contributed by atoms with Gasteiger partial charge in [-0.25, -0.2) is 9.13 Å². The molecule has 1 aromatic carbocycles. The maximum absolute atomic E-state index is 2.34. The number of fused-ring (bicyclic) bond motifs is 1. The van der Waals surface area contributed by atoms with Gasteiger partial charge in [-0.15, -0.1) is 0 Å². The van der Waals surface area contributed by atoms with Gasteiger partial charge < -0.3 is 0 Å². The summed E-state index contributed by atoms with van der Waals surface area (Å²) in [5.74, 6) is 2.28. The number of rotatable bonds is 1. The van der Waals surface area contributed by atoms with E-state index in [1.165, 1.54) is 29.7 Å². The van der Waals surface area contributed by atoms with Crippen molar-refractivity contribution in [2.45, 2.75) is 18.8 Å². The fraction of sp³-hybridized carbons (Fsp3) is 0.417. The second-order valence-corrected chi connectivity index (χ2v) is 4.24. The average Bonchev–Trinajstić information content (AvgIpc) is 2.99. The average molecular weight is 187 g/mol. The molecule has 0 spiro atoms. The summed E-state index contributed by atoms with van der Waals surface area (Å²) in [5, 5.41) is 0. The van der Waals surface area contributed by atoms with Crippen molar-refractivity contribution in [1.29, 1.82) is 0 Å². The Morgan fingerprint density at radius 2 is 2.00 bits per heavy atom. The molecule has 0 unspecified atom stereocenters. The molecule has 1 heterocycles. The molecule has 2 heteroatoms. The van der Waals surface area contributed by atoms with Crippen molar-refractivity contribution in [3.63, 3.8) is 0 Å². The minimum Gasteiger partial charge on any atom is -0.230 e. The number of aromatic nitrogens is 2. The van der Waals surface area contributed by atoms with E-state index in [-0.39, 0.29) is 0 Å². The third kappa shape index (κ3) is 0.939. The number of nitrogens with zero attached hydrogens (tertiary/aromatic N) is 2. The number of hydrogen-bond acceptors (Lipinski definition) is 0. The van der Waals surface area contributed by atoms with E-state index in [0.717, 1.165) is 5.92 Å². The van der Waals surface area contributed by atoms with Crippen molar-refractivity contribution in [2.24, 2.45) is 14.1 Å². The number of benzene rings is 1. The fourth-order valence-corrected chi connectivity index (χ4v) is 2.39. The molecule has 1 fully saturated rings. The van der Waals surface area contributed by atoms with E-state index in [0.29, 0.717) is 0 Å². The van der Waals surface area contributed by atoms with Gasteiger partial charge in [-0.2, -0.15) is 0 Å². The van der Waals surface area contributed by atoms with Crippen LogP contribution in [0, 0.1) is 0 Å². The van der Waals surface area contributed by atoms with Crippen LogP contribution in [0.3, 0.4) is 0 Å². The van der Waals surface area contributed by atoms with Gasteiger partial charge in [0.2, 0.25) is 0 Å². The van der Waals surface area contributed by atoms with Crippen molar-refractivity contribution < 1.29 is 4.57 Å². The van der Waals surface area contributed by atoms with Crippen LogP contribution in [0.5, 0.6) is 0 Å². The lowest BCUT2D eigenvalue weighted by Gasteiger charge is -1.93. The summed E-state index contributed by atoms with van der Waals surface area (Å²) in [6, 6.07) is 8.61. The summed E-state index contributed by atoms with van der Waals surface area (Å²) < 4.78 is 4.68. The molecule has 1 saturated carbocycles. The molecular formula is C12H15N2+. The highest BCUT2D eigenvalue weighted by molar-refractivity contribution is 5.72. The molecule has 0 amide bonds. The lowest BCUT2D eigenvalue weighted by molar-refractivity contribution is -0.654. The van der Waals surface area contributed by atoms with Gasteiger partial charge in [0.05, 0.1) is 20.0 Å². The van der Waals surface area contributed by atoms with Crippen LogP contribution in [0.2, 0.25) is 0 Å². The monoisotopic (exact) mass is 187 g/mol. The number of imidazole rings is 1. The molecule has 3 rings (SSSR count). The predicted molar refractivity (Wildman–Crippen MR) is 56.1 cm³/mol. The van der Waals surface area contributed by atoms with Crippen LogP contribution in [-0.4, -0.2) is 4.57 Å². The molecule has 0 N–H and O–H groups in total. The van der Waals surface area contributed by atoms with Crippen molar-refractivity contribution in [1.82, 2.24) is 4.57 Å². The Morgan fingerprint density at radius 1 is 1.29 bits per heavy atom. The van der Waals surface area contributed by atoms with E-state index in [9.17, 15) is 0 Å². The highest BCUT2D eigenvalue weighted by Gasteiger charge is 2.35. The minimum atomic E-state index is 0.803. The van der Waals surface area contributed by atoms with Crippen LogP contribution in [0.1, 0.15) is 24.6 Å². The van der Waals surface area contributed by atoms with Crippen LogP contribution in [0.15, 0.2) is 24.3 Å². The highest BCUT2D eigenvalue weighted by atomic mass is 15.1. The Hall–Kier alpha value is -1.31. The lowest BCUT2D eigenvalue weighted by atomic mass is 10.3. The first-order chi connectivity index (χ1) is 6.79. The number of hydrogen-bond donors (Lipinski definition) is 0. The molecular weight excluding hydrogens is 172 g/mol. The molecule has 0 radical (unpaired) electrons. The first kappa shape index (κ1) is 8.04. The van der Waals surface area contributed by atoms with Crippen molar-refractivity contribution in [3.8, 4) is 0 Å². The summed E-state index contributed by atoms with van der Waals surface area (Å²) in [6.45, 7) is 0. The largest absolute Gasteiger partial charge is 0.260 e. The molecule has 0 bridgehead atoms. The van der Waals surface area contributed by atoms with Crippen molar-refractivity contribution in [3.05, 3.63) is 30.1 Å². The van der Waals surface area contributed by atoms with Gasteiger partial charge in [-0.05, 0) is 25.0 Å². The molecule has 1 aliphatic rings. The van der Waals surface area contributed by atoms with Gasteiger partial charge in [0.1, 0.15) is 0 Å². The van der Waals surface area contributed by atoms with Crippen LogP contribution in [0.25, 0.3) is 11.0 Å². The highest BCUT2D eigenvalue weighted by Crippen LogP contribution is 2.39. The normalized spacial score (nSPS) is 16.4. The van der Waals surface area contributed by atoms with Crippen LogP contribution >= 0.6 is 0 Å². The van der Waals surface area contributed by atoms with Gasteiger partial charge in [0.15, 0.2) is 11.0 Å². The molecule has 0 saturated heterocycles. The third-order valence-electron chi connectivity index (χ3n) is 3.23. The summed E-state index contributed by atoms with van der Waals surface area (Å²) in [7, 11) is 4.35. The Morgan fingerprint density at radius 3 is 2.64 bits per heavy atom. The summed E-state index contributed by atoms with van der Waals surface area (Å²) in [6.07, 6.45) is 2.72. The number of aryl methyl sites for hydroxylation is 2. The SMILES string of the molecule is Cn1c(C2CC2)[n+](C)c2ccccc21. The first-order valence-electron chi connectivity index (χ1n) is 5.22.